The Morgan fingerprint density at radius 1 is 1.08 bits per heavy atom. The van der Waals surface area contributed by atoms with Gasteiger partial charge in [0, 0.05) is 0 Å². The van der Waals surface area contributed by atoms with Gasteiger partial charge in [-0.15, -0.1) is 5.10 Å². The maximum absolute atomic E-state index is 12.6. The first kappa shape index (κ1) is 16.5. The van der Waals surface area contributed by atoms with Crippen molar-refractivity contribution in [1.82, 2.24) is 4.90 Å². The Kier molecular flexibility index (Phi) is 5.43. The van der Waals surface area contributed by atoms with E-state index in [0.29, 0.717) is 11.7 Å². The second-order valence-corrected chi connectivity index (χ2v) is 6.63. The molecule has 0 spiro atoms. The largest absolute Gasteiger partial charge is 0.284 e. The van der Waals surface area contributed by atoms with E-state index in [1.165, 1.54) is 11.8 Å². The van der Waals surface area contributed by atoms with Gasteiger partial charge in [0.25, 0.3) is 0 Å². The average molecular weight is 337 g/mol. The van der Waals surface area contributed by atoms with E-state index in [1.807, 2.05) is 67.6 Å². The summed E-state index contributed by atoms with van der Waals surface area (Å²) >= 11 is 1.49. The molecule has 3 rings (SSSR count). The molecule has 1 atom stereocenters. The molecule has 0 aromatic heterocycles. The van der Waals surface area contributed by atoms with E-state index in [4.69, 9.17) is 0 Å². The van der Waals surface area contributed by atoms with Gasteiger partial charge in [-0.25, -0.2) is 0 Å². The first-order valence-corrected chi connectivity index (χ1v) is 8.84. The summed E-state index contributed by atoms with van der Waals surface area (Å²) in [4.78, 5) is 14.3. The molecule has 1 fully saturated rings. The van der Waals surface area contributed by atoms with Crippen LogP contribution in [0.15, 0.2) is 70.9 Å². The lowest BCUT2D eigenvalue weighted by Crippen LogP contribution is -2.31. The highest BCUT2D eigenvalue weighted by Crippen LogP contribution is 2.30. The van der Waals surface area contributed by atoms with Crippen molar-refractivity contribution in [2.45, 2.75) is 25.1 Å². The van der Waals surface area contributed by atoms with Gasteiger partial charge in [-0.2, -0.15) is 5.10 Å². The lowest BCUT2D eigenvalue weighted by atomic mass is 10.2. The summed E-state index contributed by atoms with van der Waals surface area (Å²) in [7, 11) is 0. The van der Waals surface area contributed by atoms with Crippen molar-refractivity contribution in [3.8, 4) is 0 Å². The molecule has 2 aromatic carbocycles. The van der Waals surface area contributed by atoms with Gasteiger partial charge < -0.3 is 0 Å². The van der Waals surface area contributed by atoms with Crippen LogP contribution in [0, 0.1) is 0 Å². The molecule has 0 N–H and O–H groups in total. The van der Waals surface area contributed by atoms with Crippen LogP contribution in [0.5, 0.6) is 0 Å². The van der Waals surface area contributed by atoms with Crippen LogP contribution in [0.25, 0.3) is 0 Å². The predicted octanol–water partition coefficient (Wildman–Crippen LogP) is 3.93. The molecule has 24 heavy (non-hydrogen) atoms. The fourth-order valence-corrected chi connectivity index (χ4v) is 3.47. The molecular formula is C19H19N3OS. The normalized spacial score (nSPS) is 19.5. The predicted molar refractivity (Wildman–Crippen MR) is 100 cm³/mol. The zero-order chi connectivity index (χ0) is 16.8. The second kappa shape index (κ2) is 7.93. The van der Waals surface area contributed by atoms with Gasteiger partial charge in [-0.1, -0.05) is 79.3 Å². The van der Waals surface area contributed by atoms with Crippen LogP contribution in [-0.4, -0.2) is 27.4 Å². The number of hydrogen-bond donors (Lipinski definition) is 0. The van der Waals surface area contributed by atoms with E-state index < -0.39 is 0 Å². The summed E-state index contributed by atoms with van der Waals surface area (Å²) in [5, 5.41) is 9.07. The molecule has 1 aliphatic rings. The highest BCUT2D eigenvalue weighted by Gasteiger charge is 2.36. The van der Waals surface area contributed by atoms with Crippen molar-refractivity contribution < 1.29 is 4.79 Å². The van der Waals surface area contributed by atoms with Gasteiger partial charge in [0.05, 0.1) is 18.0 Å². The van der Waals surface area contributed by atoms with Crippen molar-refractivity contribution >= 4 is 29.1 Å². The first-order valence-electron chi connectivity index (χ1n) is 7.96. The summed E-state index contributed by atoms with van der Waals surface area (Å²) < 4.78 is 0. The lowest BCUT2D eigenvalue weighted by molar-refractivity contribution is -0.126. The van der Waals surface area contributed by atoms with Gasteiger partial charge in [0.15, 0.2) is 5.17 Å². The summed E-state index contributed by atoms with van der Waals surface area (Å²) in [6.07, 6.45) is 2.49. The minimum absolute atomic E-state index is 0.0700. The summed E-state index contributed by atoms with van der Waals surface area (Å²) in [5.74, 6) is 0.111. The minimum atomic E-state index is -0.0700. The van der Waals surface area contributed by atoms with Crippen LogP contribution in [0.3, 0.4) is 0 Å². The zero-order valence-electron chi connectivity index (χ0n) is 13.5. The van der Waals surface area contributed by atoms with Crippen molar-refractivity contribution in [1.29, 1.82) is 0 Å². The Labute approximate surface area is 146 Å². The van der Waals surface area contributed by atoms with Gasteiger partial charge in [0.1, 0.15) is 0 Å². The first-order chi connectivity index (χ1) is 11.8. The maximum Gasteiger partial charge on any atom is 0.242 e. The molecule has 1 amide bonds. The molecule has 2 aromatic rings. The van der Waals surface area contributed by atoms with E-state index in [2.05, 4.69) is 10.2 Å². The molecule has 0 radical (unpaired) electrons. The molecule has 1 aliphatic heterocycles. The van der Waals surface area contributed by atoms with Gasteiger partial charge >= 0.3 is 0 Å². The number of amides is 1. The van der Waals surface area contributed by atoms with E-state index in [9.17, 15) is 4.79 Å². The van der Waals surface area contributed by atoms with Gasteiger partial charge in [-0.05, 0) is 17.5 Å². The number of rotatable bonds is 5. The van der Waals surface area contributed by atoms with Crippen molar-refractivity contribution in [2.24, 2.45) is 10.2 Å². The summed E-state index contributed by atoms with van der Waals surface area (Å²) in [6, 6.07) is 19.8. The summed E-state index contributed by atoms with van der Waals surface area (Å²) in [5.41, 5.74) is 2.07. The van der Waals surface area contributed by atoms with E-state index in [1.54, 1.807) is 11.1 Å². The Balaban J connectivity index is 1.79. The van der Waals surface area contributed by atoms with Gasteiger partial charge in [-0.3, -0.25) is 9.69 Å². The summed E-state index contributed by atoms with van der Waals surface area (Å²) in [6.45, 7) is 2.55. The molecule has 1 saturated heterocycles. The van der Waals surface area contributed by atoms with Crippen LogP contribution in [0.4, 0.5) is 0 Å². The van der Waals surface area contributed by atoms with Crippen LogP contribution >= 0.6 is 11.8 Å². The molecule has 5 heteroatoms. The Morgan fingerprint density at radius 2 is 1.75 bits per heavy atom. The molecule has 0 aliphatic carbocycles. The molecular weight excluding hydrogens is 318 g/mol. The van der Waals surface area contributed by atoms with Crippen molar-refractivity contribution in [3.63, 3.8) is 0 Å². The molecule has 0 bridgehead atoms. The molecule has 122 valence electrons. The third-order valence-corrected chi connectivity index (χ3v) is 5.06. The Hall–Kier alpha value is -2.40. The number of carbonyl (C=O) groups excluding carboxylic acids is 1. The van der Waals surface area contributed by atoms with E-state index in [-0.39, 0.29) is 11.2 Å². The topological polar surface area (TPSA) is 45.0 Å². The quantitative estimate of drug-likeness (QED) is 0.613. The number of hydrogen-bond acceptors (Lipinski definition) is 4. The van der Waals surface area contributed by atoms with E-state index in [0.717, 1.165) is 17.5 Å². The Morgan fingerprint density at radius 3 is 2.42 bits per heavy atom. The number of thioether (sulfide) groups is 1. The van der Waals surface area contributed by atoms with Crippen LogP contribution < -0.4 is 0 Å². The van der Waals surface area contributed by atoms with E-state index >= 15 is 0 Å². The highest BCUT2D eigenvalue weighted by molar-refractivity contribution is 8.15. The molecule has 0 unspecified atom stereocenters. The standard InChI is InChI=1S/C19H19N3OS/c1-2-17-18(23)22(14-16-11-7-4-8-12-16)19(24-17)21-20-13-15-9-5-3-6-10-15/h3-13,17H,2,14H2,1H3/b20-13-,21-19-/t17-/m1/s1. The van der Waals surface area contributed by atoms with Gasteiger partial charge in [0.2, 0.25) is 5.91 Å². The maximum atomic E-state index is 12.6. The Bertz CT molecular complexity index is 744. The highest BCUT2D eigenvalue weighted by atomic mass is 32.2. The molecule has 0 saturated carbocycles. The SMILES string of the molecule is CC[C@H]1S/C(=N\N=C/c2ccccc2)N(Cc2ccccc2)C1=O. The van der Waals surface area contributed by atoms with Crippen LogP contribution in [0.1, 0.15) is 24.5 Å². The fourth-order valence-electron chi connectivity index (χ4n) is 2.44. The monoisotopic (exact) mass is 337 g/mol. The number of nitrogens with zero attached hydrogens (tertiary/aromatic N) is 3. The smallest absolute Gasteiger partial charge is 0.242 e. The third-order valence-electron chi connectivity index (χ3n) is 3.72. The number of carbonyl (C=O) groups is 1. The number of benzene rings is 2. The lowest BCUT2D eigenvalue weighted by Gasteiger charge is -2.15. The van der Waals surface area contributed by atoms with Crippen molar-refractivity contribution in [3.05, 3.63) is 71.8 Å². The second-order valence-electron chi connectivity index (χ2n) is 5.46. The molecule has 4 nitrogen and oxygen atoms in total. The third kappa shape index (κ3) is 3.92. The fraction of sp³-hybridized carbons (Fsp3) is 0.211. The molecule has 1 heterocycles. The van der Waals surface area contributed by atoms with Crippen molar-refractivity contribution in [2.75, 3.05) is 0 Å². The zero-order valence-corrected chi connectivity index (χ0v) is 14.3. The average Bonchev–Trinajstić information content (AvgIpc) is 2.92. The van der Waals surface area contributed by atoms with Crippen LogP contribution in [0.2, 0.25) is 0 Å². The minimum Gasteiger partial charge on any atom is -0.284 e. The van der Waals surface area contributed by atoms with Crippen LogP contribution in [-0.2, 0) is 11.3 Å². The number of amidine groups is 1.